The van der Waals surface area contributed by atoms with Gasteiger partial charge in [-0.25, -0.2) is 4.98 Å². The molecule has 1 aliphatic rings. The maximum atomic E-state index is 13.3. The van der Waals surface area contributed by atoms with Crippen LogP contribution in [0.3, 0.4) is 0 Å². The third-order valence-electron chi connectivity index (χ3n) is 5.18. The first-order valence-corrected chi connectivity index (χ1v) is 10.2. The summed E-state index contributed by atoms with van der Waals surface area (Å²) in [5.41, 5.74) is 0.919. The minimum Gasteiger partial charge on any atom is -0.497 e. The highest BCUT2D eigenvalue weighted by Gasteiger charge is 2.41. The second-order valence-electron chi connectivity index (χ2n) is 7.16. The van der Waals surface area contributed by atoms with Gasteiger partial charge in [0.1, 0.15) is 11.4 Å². The molecular weight excluding hydrogens is 447 g/mol. The molecule has 1 saturated heterocycles. The Morgan fingerprint density at radius 1 is 1.09 bits per heavy atom. The Morgan fingerprint density at radius 2 is 1.81 bits per heavy atom. The fourth-order valence-corrected chi connectivity index (χ4v) is 3.77. The summed E-state index contributed by atoms with van der Waals surface area (Å²) in [5, 5.41) is 0.173. The molecule has 0 aliphatic carbocycles. The molecule has 2 aromatic carbocycles. The number of piperazine rings is 1. The van der Waals surface area contributed by atoms with E-state index in [2.05, 4.69) is 9.88 Å². The van der Waals surface area contributed by atoms with Gasteiger partial charge >= 0.3 is 12.1 Å². The van der Waals surface area contributed by atoms with E-state index in [-0.39, 0.29) is 16.3 Å². The number of oxazole rings is 1. The van der Waals surface area contributed by atoms with E-state index in [1.165, 1.54) is 17.0 Å². The van der Waals surface area contributed by atoms with Gasteiger partial charge in [-0.1, -0.05) is 35.9 Å². The van der Waals surface area contributed by atoms with Crippen LogP contribution >= 0.6 is 11.6 Å². The van der Waals surface area contributed by atoms with E-state index in [0.29, 0.717) is 31.9 Å². The lowest BCUT2D eigenvalue weighted by Crippen LogP contribution is -2.48. The molecule has 1 amide bonds. The summed E-state index contributed by atoms with van der Waals surface area (Å²) in [6.07, 6.45) is -4.83. The lowest BCUT2D eigenvalue weighted by molar-refractivity contribution is -0.157. The first-order chi connectivity index (χ1) is 15.3. The third-order valence-corrected chi connectivity index (χ3v) is 5.51. The summed E-state index contributed by atoms with van der Waals surface area (Å²) >= 11 is 6.15. The van der Waals surface area contributed by atoms with Gasteiger partial charge in [0.05, 0.1) is 12.1 Å². The number of anilines is 1. The summed E-state index contributed by atoms with van der Waals surface area (Å²) in [6, 6.07) is 13.8. The molecule has 2 heterocycles. The van der Waals surface area contributed by atoms with Gasteiger partial charge in [0.15, 0.2) is 0 Å². The molecule has 32 heavy (non-hydrogen) atoms. The summed E-state index contributed by atoms with van der Waals surface area (Å²) in [5.74, 6) is -1.90. The van der Waals surface area contributed by atoms with Crippen molar-refractivity contribution in [1.29, 1.82) is 0 Å². The zero-order valence-corrected chi connectivity index (χ0v) is 17.8. The Balaban J connectivity index is 1.58. The number of aromatic nitrogens is 1. The van der Waals surface area contributed by atoms with Crippen LogP contribution in [0.4, 0.5) is 18.9 Å². The van der Waals surface area contributed by atoms with Gasteiger partial charge in [0, 0.05) is 43.5 Å². The molecule has 0 spiro atoms. The van der Waals surface area contributed by atoms with Crippen molar-refractivity contribution in [1.82, 2.24) is 9.88 Å². The standard InChI is InChI=1S/C22H19ClF3N3O3/c1-31-15-6-4-5-14(13-15)28-9-11-29(12-10-28)20(30)19-18(16-7-2-3-8-17(16)23)27-21(32-19)22(24,25)26/h2-8,13H,9-12H2,1H3. The quantitative estimate of drug-likeness (QED) is 0.543. The molecule has 0 atom stereocenters. The number of hydrogen-bond acceptors (Lipinski definition) is 5. The SMILES string of the molecule is COc1cccc(N2CCN(C(=O)c3oc(C(F)(F)F)nc3-c3ccccc3Cl)CC2)c1. The first-order valence-electron chi connectivity index (χ1n) is 9.79. The average molecular weight is 466 g/mol. The second-order valence-corrected chi connectivity index (χ2v) is 7.56. The predicted octanol–water partition coefficient (Wildman–Crippen LogP) is 4.98. The zero-order valence-electron chi connectivity index (χ0n) is 17.0. The number of carbonyl (C=O) groups excluding carboxylic acids is 1. The number of ether oxygens (including phenoxy) is 1. The number of hydrogen-bond donors (Lipinski definition) is 0. The molecule has 3 aromatic rings. The first kappa shape index (κ1) is 22.0. The van der Waals surface area contributed by atoms with Gasteiger partial charge < -0.3 is 19.0 Å². The van der Waals surface area contributed by atoms with Crippen LogP contribution in [0.2, 0.25) is 5.02 Å². The molecule has 6 nitrogen and oxygen atoms in total. The van der Waals surface area contributed by atoms with E-state index in [9.17, 15) is 18.0 Å². The molecule has 1 aromatic heterocycles. The molecule has 1 fully saturated rings. The smallest absolute Gasteiger partial charge is 0.468 e. The Labute approximate surface area is 187 Å². The molecule has 0 radical (unpaired) electrons. The van der Waals surface area contributed by atoms with E-state index >= 15 is 0 Å². The molecule has 4 rings (SSSR count). The molecular formula is C22H19ClF3N3O3. The molecule has 0 bridgehead atoms. The minimum absolute atomic E-state index is 0.173. The normalized spacial score (nSPS) is 14.5. The summed E-state index contributed by atoms with van der Waals surface area (Å²) in [7, 11) is 1.58. The fraction of sp³-hybridized carbons (Fsp3) is 0.273. The highest BCUT2D eigenvalue weighted by molar-refractivity contribution is 6.33. The minimum atomic E-state index is -4.83. The van der Waals surface area contributed by atoms with Crippen molar-refractivity contribution in [3.8, 4) is 17.0 Å². The average Bonchev–Trinajstić information content (AvgIpc) is 3.25. The molecule has 0 unspecified atom stereocenters. The topological polar surface area (TPSA) is 58.8 Å². The van der Waals surface area contributed by atoms with Crippen LogP contribution in [-0.2, 0) is 6.18 Å². The van der Waals surface area contributed by atoms with Crippen molar-refractivity contribution in [3.05, 3.63) is 65.2 Å². The number of alkyl halides is 3. The maximum absolute atomic E-state index is 13.3. The lowest BCUT2D eigenvalue weighted by atomic mass is 10.1. The number of nitrogens with zero attached hydrogens (tertiary/aromatic N) is 3. The number of rotatable bonds is 4. The van der Waals surface area contributed by atoms with Crippen LogP contribution in [0.15, 0.2) is 52.9 Å². The molecule has 0 saturated carbocycles. The van der Waals surface area contributed by atoms with Crippen LogP contribution in [0, 0.1) is 0 Å². The van der Waals surface area contributed by atoms with Crippen LogP contribution in [-0.4, -0.2) is 49.1 Å². The second kappa shape index (κ2) is 8.74. The molecule has 1 aliphatic heterocycles. The number of carbonyl (C=O) groups is 1. The van der Waals surface area contributed by atoms with Gasteiger partial charge in [-0.2, -0.15) is 13.2 Å². The van der Waals surface area contributed by atoms with Gasteiger partial charge in [-0.05, 0) is 18.2 Å². The Bertz CT molecular complexity index is 1120. The molecule has 0 N–H and O–H groups in total. The third kappa shape index (κ3) is 4.38. The number of halogens is 4. The summed E-state index contributed by atoms with van der Waals surface area (Å²) in [6.45, 7) is 1.61. The Hall–Kier alpha value is -3.20. The van der Waals surface area contributed by atoms with Crippen LogP contribution in [0.25, 0.3) is 11.3 Å². The van der Waals surface area contributed by atoms with Crippen molar-refractivity contribution >= 4 is 23.2 Å². The van der Waals surface area contributed by atoms with Crippen molar-refractivity contribution in [3.63, 3.8) is 0 Å². The predicted molar refractivity (Wildman–Crippen MR) is 113 cm³/mol. The van der Waals surface area contributed by atoms with Gasteiger partial charge in [-0.3, -0.25) is 4.79 Å². The van der Waals surface area contributed by atoms with Crippen molar-refractivity contribution < 1.29 is 27.1 Å². The summed E-state index contributed by atoms with van der Waals surface area (Å²) < 4.78 is 50.0. The Morgan fingerprint density at radius 3 is 2.47 bits per heavy atom. The maximum Gasteiger partial charge on any atom is 0.468 e. The summed E-state index contributed by atoms with van der Waals surface area (Å²) in [4.78, 5) is 20.2. The molecule has 10 heteroatoms. The van der Waals surface area contributed by atoms with Crippen LogP contribution in [0.5, 0.6) is 5.75 Å². The van der Waals surface area contributed by atoms with Crippen molar-refractivity contribution in [2.75, 3.05) is 38.2 Å². The van der Waals surface area contributed by atoms with E-state index in [1.54, 1.807) is 19.2 Å². The fourth-order valence-electron chi connectivity index (χ4n) is 3.54. The van der Waals surface area contributed by atoms with Gasteiger partial charge in [0.25, 0.3) is 5.91 Å². The Kier molecular flexibility index (Phi) is 6.01. The highest BCUT2D eigenvalue weighted by atomic mass is 35.5. The largest absolute Gasteiger partial charge is 0.497 e. The monoisotopic (exact) mass is 465 g/mol. The number of benzene rings is 2. The van der Waals surface area contributed by atoms with Gasteiger partial charge in [-0.15, -0.1) is 0 Å². The van der Waals surface area contributed by atoms with Gasteiger partial charge in [0.2, 0.25) is 5.76 Å². The van der Waals surface area contributed by atoms with Crippen LogP contribution in [0.1, 0.15) is 16.4 Å². The highest BCUT2D eigenvalue weighted by Crippen LogP contribution is 2.36. The van der Waals surface area contributed by atoms with E-state index in [4.69, 9.17) is 20.8 Å². The molecule has 168 valence electrons. The zero-order chi connectivity index (χ0) is 22.9. The van der Waals surface area contributed by atoms with Crippen molar-refractivity contribution in [2.24, 2.45) is 0 Å². The van der Waals surface area contributed by atoms with E-state index in [0.717, 1.165) is 5.69 Å². The van der Waals surface area contributed by atoms with Crippen molar-refractivity contribution in [2.45, 2.75) is 6.18 Å². The van der Waals surface area contributed by atoms with Crippen LogP contribution < -0.4 is 9.64 Å². The van der Waals surface area contributed by atoms with E-state index < -0.39 is 23.7 Å². The lowest BCUT2D eigenvalue weighted by Gasteiger charge is -2.35. The number of methoxy groups -OCH3 is 1. The van der Waals surface area contributed by atoms with E-state index in [1.807, 2.05) is 24.3 Å². The number of amides is 1.